The van der Waals surface area contributed by atoms with Crippen LogP contribution in [0.5, 0.6) is 17.2 Å². The van der Waals surface area contributed by atoms with Crippen LogP contribution in [0.1, 0.15) is 36.7 Å². The van der Waals surface area contributed by atoms with Gasteiger partial charge in [0, 0.05) is 22.3 Å². The molecule has 0 aromatic heterocycles. The van der Waals surface area contributed by atoms with E-state index in [1.165, 1.54) is 63.3 Å². The summed E-state index contributed by atoms with van der Waals surface area (Å²) in [5.74, 6) is -2.62. The molecule has 0 saturated carbocycles. The van der Waals surface area contributed by atoms with Crippen molar-refractivity contribution in [3.05, 3.63) is 95.1 Å². The lowest BCUT2D eigenvalue weighted by Gasteiger charge is -2.11. The van der Waals surface area contributed by atoms with Crippen LogP contribution in [0.4, 0.5) is 0 Å². The molecule has 0 bridgehead atoms. The molecular weight excluding hydrogens is 472 g/mol. The third-order valence-electron chi connectivity index (χ3n) is 4.26. The van der Waals surface area contributed by atoms with Gasteiger partial charge in [0.05, 0.1) is 5.02 Å². The summed E-state index contributed by atoms with van der Waals surface area (Å²) >= 11 is 6.07. The lowest BCUT2D eigenvalue weighted by Crippen LogP contribution is -2.13. The van der Waals surface area contributed by atoms with E-state index in [2.05, 4.69) is 19.7 Å². The molecule has 2 aromatic carbocycles. The molecule has 0 aliphatic carbocycles. The Hall–Kier alpha value is -4.23. The van der Waals surface area contributed by atoms with Crippen molar-refractivity contribution in [2.45, 2.75) is 20.8 Å². The van der Waals surface area contributed by atoms with Gasteiger partial charge < -0.3 is 14.2 Å². The summed E-state index contributed by atoms with van der Waals surface area (Å²) in [5.41, 5.74) is 1.15. The first-order valence-electron chi connectivity index (χ1n) is 10.2. The molecular formula is C27H23ClO7. The summed E-state index contributed by atoms with van der Waals surface area (Å²) in [6.07, 6.45) is 2.76. The average molecular weight is 495 g/mol. The van der Waals surface area contributed by atoms with Crippen LogP contribution in [0.3, 0.4) is 0 Å². The largest absolute Gasteiger partial charge is 0.422 e. The highest BCUT2D eigenvalue weighted by atomic mass is 35.5. The molecule has 35 heavy (non-hydrogen) atoms. The molecule has 0 spiro atoms. The molecule has 7 nitrogen and oxygen atoms in total. The van der Waals surface area contributed by atoms with Crippen LogP contribution >= 0.6 is 11.6 Å². The first-order chi connectivity index (χ1) is 16.4. The van der Waals surface area contributed by atoms with Crippen molar-refractivity contribution in [1.82, 2.24) is 0 Å². The topological polar surface area (TPSA) is 96.0 Å². The summed E-state index contributed by atoms with van der Waals surface area (Å²) in [7, 11) is 0. The quantitative estimate of drug-likeness (QED) is 0.191. The fraction of sp³-hybridized carbons (Fsp3) is 0.111. The van der Waals surface area contributed by atoms with Gasteiger partial charge in [-0.3, -0.25) is 4.79 Å². The SMILES string of the molecule is C=C(C)C(=O)Oc1cc(C=CC(=O)c2ccc(OC(=O)C(=C)C)c(OC(=O)C(=C)C)c2)ccc1Cl. The Bertz CT molecular complexity index is 1280. The Morgan fingerprint density at radius 3 is 1.77 bits per heavy atom. The normalized spacial score (nSPS) is 10.4. The van der Waals surface area contributed by atoms with Gasteiger partial charge in [-0.15, -0.1) is 0 Å². The molecule has 0 unspecified atom stereocenters. The van der Waals surface area contributed by atoms with E-state index >= 15 is 0 Å². The van der Waals surface area contributed by atoms with E-state index in [4.69, 9.17) is 25.8 Å². The van der Waals surface area contributed by atoms with Gasteiger partial charge in [-0.05, 0) is 62.7 Å². The molecule has 8 heteroatoms. The van der Waals surface area contributed by atoms with Crippen LogP contribution < -0.4 is 14.2 Å². The zero-order valence-corrected chi connectivity index (χ0v) is 20.2. The highest BCUT2D eigenvalue weighted by Gasteiger charge is 2.17. The van der Waals surface area contributed by atoms with E-state index in [-0.39, 0.29) is 44.6 Å². The Kier molecular flexibility index (Phi) is 9.08. The summed E-state index contributed by atoms with van der Waals surface area (Å²) in [6, 6.07) is 8.66. The van der Waals surface area contributed by atoms with E-state index in [1.807, 2.05) is 0 Å². The zero-order chi connectivity index (χ0) is 26.3. The monoisotopic (exact) mass is 494 g/mol. The van der Waals surface area contributed by atoms with Crippen molar-refractivity contribution in [1.29, 1.82) is 0 Å². The third kappa shape index (κ3) is 7.65. The predicted octanol–water partition coefficient (Wildman–Crippen LogP) is 5.68. The van der Waals surface area contributed by atoms with E-state index < -0.39 is 23.7 Å². The van der Waals surface area contributed by atoms with Gasteiger partial charge in [-0.25, -0.2) is 14.4 Å². The van der Waals surface area contributed by atoms with Crippen LogP contribution in [0.15, 0.2) is 78.9 Å². The second-order valence-electron chi connectivity index (χ2n) is 7.56. The molecule has 0 fully saturated rings. The molecule has 0 heterocycles. The Morgan fingerprint density at radius 1 is 0.714 bits per heavy atom. The third-order valence-corrected chi connectivity index (χ3v) is 4.58. The first kappa shape index (κ1) is 27.0. The van der Waals surface area contributed by atoms with Crippen LogP contribution in [0, 0.1) is 0 Å². The lowest BCUT2D eigenvalue weighted by atomic mass is 10.1. The summed E-state index contributed by atoms with van der Waals surface area (Å²) in [5, 5.41) is 0.215. The van der Waals surface area contributed by atoms with Crippen molar-refractivity contribution in [2.24, 2.45) is 0 Å². The molecule has 180 valence electrons. The van der Waals surface area contributed by atoms with Crippen LogP contribution in [-0.2, 0) is 14.4 Å². The number of halogens is 1. The number of ether oxygens (including phenoxy) is 3. The molecule has 0 aliphatic rings. The minimum atomic E-state index is -0.754. The molecule has 2 aromatic rings. The smallest absolute Gasteiger partial charge is 0.338 e. The number of rotatable bonds is 9. The number of benzene rings is 2. The molecule has 0 N–H and O–H groups in total. The summed E-state index contributed by atoms with van der Waals surface area (Å²) in [6.45, 7) is 15.0. The standard InChI is InChI=1S/C27H23ClO7/c1-15(2)25(30)33-22-12-9-19(14-24(22)35-27(32)17(5)6)21(29)11-8-18-7-10-20(28)23(13-18)34-26(31)16(3)4/h7-14H,1,3,5H2,2,4,6H3. The first-order valence-corrected chi connectivity index (χ1v) is 10.6. The minimum Gasteiger partial charge on any atom is -0.422 e. The number of esters is 3. The van der Waals surface area contributed by atoms with Crippen molar-refractivity contribution >= 4 is 41.4 Å². The molecule has 2 rings (SSSR count). The maximum atomic E-state index is 12.8. The number of allylic oxidation sites excluding steroid dienone is 1. The molecule has 0 atom stereocenters. The minimum absolute atomic E-state index is 0.0604. The van der Waals surface area contributed by atoms with Gasteiger partial charge in [-0.1, -0.05) is 43.5 Å². The van der Waals surface area contributed by atoms with Gasteiger partial charge in [0.1, 0.15) is 5.75 Å². The van der Waals surface area contributed by atoms with Crippen molar-refractivity contribution in [3.8, 4) is 17.2 Å². The number of carbonyl (C=O) groups excluding carboxylic acids is 4. The van der Waals surface area contributed by atoms with E-state index in [9.17, 15) is 19.2 Å². The maximum absolute atomic E-state index is 12.8. The fourth-order valence-corrected chi connectivity index (χ4v) is 2.51. The Balaban J connectivity index is 2.32. The molecule has 0 saturated heterocycles. The lowest BCUT2D eigenvalue weighted by molar-refractivity contribution is -0.132. The predicted molar refractivity (Wildman–Crippen MR) is 133 cm³/mol. The summed E-state index contributed by atoms with van der Waals surface area (Å²) in [4.78, 5) is 48.5. The van der Waals surface area contributed by atoms with E-state index in [1.54, 1.807) is 6.07 Å². The summed E-state index contributed by atoms with van der Waals surface area (Å²) < 4.78 is 15.6. The molecule has 0 radical (unpaired) electrons. The van der Waals surface area contributed by atoms with E-state index in [0.717, 1.165) is 0 Å². The number of ketones is 1. The van der Waals surface area contributed by atoms with Crippen LogP contribution in [-0.4, -0.2) is 23.7 Å². The van der Waals surface area contributed by atoms with Crippen molar-refractivity contribution in [3.63, 3.8) is 0 Å². The second-order valence-corrected chi connectivity index (χ2v) is 7.97. The maximum Gasteiger partial charge on any atom is 0.338 e. The molecule has 0 aliphatic heterocycles. The Labute approximate surface area is 207 Å². The zero-order valence-electron chi connectivity index (χ0n) is 19.5. The van der Waals surface area contributed by atoms with Gasteiger partial charge >= 0.3 is 17.9 Å². The van der Waals surface area contributed by atoms with Crippen molar-refractivity contribution in [2.75, 3.05) is 0 Å². The molecule has 0 amide bonds. The highest BCUT2D eigenvalue weighted by molar-refractivity contribution is 6.32. The fourth-order valence-electron chi connectivity index (χ4n) is 2.36. The van der Waals surface area contributed by atoms with Gasteiger partial charge in [-0.2, -0.15) is 0 Å². The number of carbonyl (C=O) groups is 4. The van der Waals surface area contributed by atoms with Gasteiger partial charge in [0.25, 0.3) is 0 Å². The second kappa shape index (κ2) is 11.8. The van der Waals surface area contributed by atoms with E-state index in [0.29, 0.717) is 5.56 Å². The number of hydrogen-bond acceptors (Lipinski definition) is 7. The van der Waals surface area contributed by atoms with Gasteiger partial charge in [0.2, 0.25) is 0 Å². The van der Waals surface area contributed by atoms with Crippen molar-refractivity contribution < 1.29 is 33.4 Å². The average Bonchev–Trinajstić information content (AvgIpc) is 2.79. The van der Waals surface area contributed by atoms with Gasteiger partial charge in [0.15, 0.2) is 17.3 Å². The van der Waals surface area contributed by atoms with Crippen LogP contribution in [0.25, 0.3) is 6.08 Å². The Morgan fingerprint density at radius 2 is 1.23 bits per heavy atom. The highest BCUT2D eigenvalue weighted by Crippen LogP contribution is 2.31. The number of hydrogen-bond donors (Lipinski definition) is 0. The van der Waals surface area contributed by atoms with Crippen LogP contribution in [0.2, 0.25) is 5.02 Å².